The van der Waals surface area contributed by atoms with Crippen LogP contribution in [0.5, 0.6) is 0 Å². The summed E-state index contributed by atoms with van der Waals surface area (Å²) < 4.78 is 0. The van der Waals surface area contributed by atoms with Crippen LogP contribution in [0.2, 0.25) is 0 Å². The van der Waals surface area contributed by atoms with Crippen LogP contribution in [0, 0.1) is 11.3 Å². The first kappa shape index (κ1) is 23.6. The van der Waals surface area contributed by atoms with E-state index < -0.39 is 5.60 Å². The highest BCUT2D eigenvalue weighted by molar-refractivity contribution is 5.65. The van der Waals surface area contributed by atoms with Gasteiger partial charge in [-0.15, -0.1) is 0 Å². The van der Waals surface area contributed by atoms with E-state index in [1.165, 1.54) is 24.7 Å². The summed E-state index contributed by atoms with van der Waals surface area (Å²) in [7, 11) is 2.23. The van der Waals surface area contributed by atoms with Crippen LogP contribution in [0.3, 0.4) is 0 Å². The number of rotatable bonds is 6. The number of hydrogen-bond acceptors (Lipinski definition) is 9. The van der Waals surface area contributed by atoms with Crippen molar-refractivity contribution >= 4 is 29.0 Å². The van der Waals surface area contributed by atoms with Crippen LogP contribution in [0.25, 0.3) is 0 Å². The molecule has 2 aromatic heterocycles. The largest absolute Gasteiger partial charge is 0.384 e. The van der Waals surface area contributed by atoms with Gasteiger partial charge in [0.15, 0.2) is 5.82 Å². The number of pyridine rings is 1. The summed E-state index contributed by atoms with van der Waals surface area (Å²) in [5.74, 6) is 1.30. The second-order valence-electron chi connectivity index (χ2n) is 10.4. The standard InChI is InChI=1S/C28H32N8O/c1-3-28(37)13-12-18-4-11-24(32-25(18)28)33-26-19(14-29)15-30-27(34-26)31-20-5-7-21(8-6-20)36-17-22-9-10-23(36)16-35(22)2/h4-8,11,15,22-23,37H,3,9-10,12-13,16-17H2,1-2H3,(H2,30,31,32,33,34). The van der Waals surface area contributed by atoms with Gasteiger partial charge in [0.1, 0.15) is 23.1 Å². The lowest BCUT2D eigenvalue weighted by Crippen LogP contribution is -2.61. The number of aromatic nitrogens is 3. The van der Waals surface area contributed by atoms with Gasteiger partial charge in [-0.2, -0.15) is 10.2 Å². The maximum Gasteiger partial charge on any atom is 0.229 e. The number of nitriles is 1. The Morgan fingerprint density at radius 2 is 1.89 bits per heavy atom. The first-order valence-electron chi connectivity index (χ1n) is 13.1. The second kappa shape index (κ2) is 9.29. The lowest BCUT2D eigenvalue weighted by molar-refractivity contribution is 0.0307. The molecule has 4 aliphatic rings. The third-order valence-electron chi connectivity index (χ3n) is 8.23. The third kappa shape index (κ3) is 4.37. The number of nitrogens with zero attached hydrogens (tertiary/aromatic N) is 6. The highest BCUT2D eigenvalue weighted by atomic mass is 16.3. The Bertz CT molecular complexity index is 1350. The molecule has 0 spiro atoms. The molecule has 0 saturated carbocycles. The van der Waals surface area contributed by atoms with Gasteiger partial charge in [-0.3, -0.25) is 4.90 Å². The van der Waals surface area contributed by atoms with Crippen LogP contribution in [0.1, 0.15) is 49.4 Å². The van der Waals surface area contributed by atoms with E-state index in [2.05, 4.69) is 60.6 Å². The number of likely N-dealkylation sites (N-methyl/N-ethyl adjacent to an activating group) is 1. The molecule has 1 aromatic carbocycles. The molecule has 37 heavy (non-hydrogen) atoms. The van der Waals surface area contributed by atoms with Crippen molar-refractivity contribution in [3.63, 3.8) is 0 Å². The molecule has 9 heteroatoms. The second-order valence-corrected chi connectivity index (χ2v) is 10.4. The van der Waals surface area contributed by atoms with E-state index in [9.17, 15) is 10.4 Å². The van der Waals surface area contributed by atoms with E-state index in [1.54, 1.807) is 0 Å². The summed E-state index contributed by atoms with van der Waals surface area (Å²) in [4.78, 5) is 18.6. The number of piperidine rings is 2. The number of anilines is 5. The fraction of sp³-hybridized carbons (Fsp3) is 0.429. The summed E-state index contributed by atoms with van der Waals surface area (Å²) in [5, 5.41) is 26.9. The van der Waals surface area contributed by atoms with E-state index in [4.69, 9.17) is 0 Å². The molecule has 9 nitrogen and oxygen atoms in total. The van der Waals surface area contributed by atoms with Gasteiger partial charge in [0, 0.05) is 36.5 Å². The topological polar surface area (TPSA) is 113 Å². The lowest BCUT2D eigenvalue weighted by Gasteiger charge is -2.51. The maximum absolute atomic E-state index is 10.9. The van der Waals surface area contributed by atoms with Gasteiger partial charge in [0.05, 0.1) is 11.9 Å². The maximum atomic E-state index is 10.9. The molecule has 7 rings (SSSR count). The third-order valence-corrected chi connectivity index (χ3v) is 8.23. The normalized spacial score (nSPS) is 24.5. The van der Waals surface area contributed by atoms with Crippen molar-refractivity contribution in [2.75, 3.05) is 35.7 Å². The Balaban J connectivity index is 1.19. The first-order chi connectivity index (χ1) is 18.0. The van der Waals surface area contributed by atoms with Crippen molar-refractivity contribution in [2.24, 2.45) is 0 Å². The van der Waals surface area contributed by atoms with Crippen LogP contribution < -0.4 is 15.5 Å². The van der Waals surface area contributed by atoms with Crippen molar-refractivity contribution < 1.29 is 5.11 Å². The van der Waals surface area contributed by atoms with Gasteiger partial charge in [-0.05, 0) is 75.0 Å². The molecule has 3 N–H and O–H groups in total. The molecule has 3 unspecified atom stereocenters. The highest BCUT2D eigenvalue weighted by Crippen LogP contribution is 2.39. The minimum Gasteiger partial charge on any atom is -0.384 e. The Kier molecular flexibility index (Phi) is 5.94. The van der Waals surface area contributed by atoms with Crippen LogP contribution in [0.4, 0.5) is 29.0 Å². The van der Waals surface area contributed by atoms with E-state index in [0.717, 1.165) is 30.8 Å². The average Bonchev–Trinajstić information content (AvgIpc) is 3.26. The number of piperazine rings is 1. The predicted molar refractivity (Wildman–Crippen MR) is 143 cm³/mol. The Hall–Kier alpha value is -3.74. The van der Waals surface area contributed by atoms with E-state index in [1.807, 2.05) is 31.2 Å². The molecule has 1 aliphatic carbocycles. The number of aryl methyl sites for hydroxylation is 1. The molecular formula is C28H32N8O. The molecule has 3 aromatic rings. The molecule has 5 heterocycles. The van der Waals surface area contributed by atoms with Crippen molar-refractivity contribution in [3.05, 3.63) is 59.4 Å². The van der Waals surface area contributed by atoms with Crippen LogP contribution >= 0.6 is 0 Å². The summed E-state index contributed by atoms with van der Waals surface area (Å²) in [6.45, 7) is 4.17. The van der Waals surface area contributed by atoms with E-state index in [0.29, 0.717) is 53.8 Å². The van der Waals surface area contributed by atoms with Crippen molar-refractivity contribution in [1.82, 2.24) is 19.9 Å². The zero-order chi connectivity index (χ0) is 25.6. The number of benzene rings is 1. The van der Waals surface area contributed by atoms with Crippen molar-refractivity contribution in [2.45, 2.75) is 56.7 Å². The van der Waals surface area contributed by atoms with E-state index >= 15 is 0 Å². The highest BCUT2D eigenvalue weighted by Gasteiger charge is 2.38. The minimum atomic E-state index is -0.903. The Morgan fingerprint density at radius 3 is 2.59 bits per heavy atom. The SMILES string of the molecule is CCC1(O)CCc2ccc(Nc3nc(Nc4ccc(N5CC6CCC5CN6C)cc4)ncc3C#N)nc21. The fourth-order valence-corrected chi connectivity index (χ4v) is 5.93. The minimum absolute atomic E-state index is 0.319. The van der Waals surface area contributed by atoms with Gasteiger partial charge >= 0.3 is 0 Å². The van der Waals surface area contributed by atoms with Gasteiger partial charge in [0.2, 0.25) is 5.95 Å². The fourth-order valence-electron chi connectivity index (χ4n) is 5.93. The molecule has 0 amide bonds. The van der Waals surface area contributed by atoms with Gasteiger partial charge in [0.25, 0.3) is 0 Å². The lowest BCUT2D eigenvalue weighted by atomic mass is 9.91. The molecule has 3 aliphatic heterocycles. The summed E-state index contributed by atoms with van der Waals surface area (Å²) >= 11 is 0. The molecule has 0 radical (unpaired) electrons. The van der Waals surface area contributed by atoms with Crippen molar-refractivity contribution in [1.29, 1.82) is 5.26 Å². The molecular weight excluding hydrogens is 464 g/mol. The van der Waals surface area contributed by atoms with E-state index in [-0.39, 0.29) is 0 Å². The number of aliphatic hydroxyl groups is 1. The summed E-state index contributed by atoms with van der Waals surface area (Å²) in [6, 6.07) is 15.6. The zero-order valence-electron chi connectivity index (χ0n) is 21.3. The number of hydrogen-bond donors (Lipinski definition) is 3. The molecule has 3 atom stereocenters. The smallest absolute Gasteiger partial charge is 0.229 e. The predicted octanol–water partition coefficient (Wildman–Crippen LogP) is 4.06. The Labute approximate surface area is 217 Å². The van der Waals surface area contributed by atoms with Gasteiger partial charge < -0.3 is 20.6 Å². The average molecular weight is 497 g/mol. The quantitative estimate of drug-likeness (QED) is 0.465. The van der Waals surface area contributed by atoms with Crippen LogP contribution in [-0.2, 0) is 12.0 Å². The number of nitrogens with one attached hydrogen (secondary N) is 2. The molecule has 190 valence electrons. The molecule has 3 saturated heterocycles. The van der Waals surface area contributed by atoms with Crippen molar-refractivity contribution in [3.8, 4) is 6.07 Å². The van der Waals surface area contributed by atoms with Crippen LogP contribution in [-0.4, -0.2) is 57.2 Å². The molecule has 3 fully saturated rings. The Morgan fingerprint density at radius 1 is 1.08 bits per heavy atom. The zero-order valence-corrected chi connectivity index (χ0v) is 21.3. The summed E-state index contributed by atoms with van der Waals surface area (Å²) in [6.07, 6.45) is 6.13. The summed E-state index contributed by atoms with van der Waals surface area (Å²) in [5.41, 5.74) is 3.31. The van der Waals surface area contributed by atoms with Gasteiger partial charge in [-0.1, -0.05) is 13.0 Å². The monoisotopic (exact) mass is 496 g/mol. The molecule has 2 bridgehead atoms. The van der Waals surface area contributed by atoms with Crippen LogP contribution in [0.15, 0.2) is 42.6 Å². The van der Waals surface area contributed by atoms with Gasteiger partial charge in [-0.25, -0.2) is 9.97 Å². The number of fused-ring (bicyclic) bond motifs is 4. The first-order valence-corrected chi connectivity index (χ1v) is 13.1.